The predicted molar refractivity (Wildman–Crippen MR) is 94.2 cm³/mol. The summed E-state index contributed by atoms with van der Waals surface area (Å²) in [5.41, 5.74) is -0.789. The minimum Gasteiger partial charge on any atom is -0.494 e. The van der Waals surface area contributed by atoms with Crippen LogP contribution in [0.2, 0.25) is 0 Å². The first-order valence-electron chi connectivity index (χ1n) is 9.06. The molecule has 7 heteroatoms. The van der Waals surface area contributed by atoms with Crippen LogP contribution in [0.3, 0.4) is 0 Å². The van der Waals surface area contributed by atoms with E-state index in [1.54, 1.807) is 6.07 Å². The zero-order chi connectivity index (χ0) is 18.9. The second-order valence-corrected chi connectivity index (χ2v) is 7.57. The standard InChI is InChI=1S/C19H27FN2O4/c1-22-7-5-19(25,6-8-22)18(24)21-17(13-9-14(23)10-13)12-3-4-16(26-2)15(20)11-12/h3-4,11,13-14,17,23,25H,5-10H2,1-2H3,(H,21,24)/t13?,14?,17-/m0/s1. The molecule has 3 rings (SSSR count). The fraction of sp³-hybridized carbons (Fsp3) is 0.632. The lowest BCUT2D eigenvalue weighted by Crippen LogP contribution is -2.55. The molecule has 26 heavy (non-hydrogen) atoms. The van der Waals surface area contributed by atoms with Gasteiger partial charge >= 0.3 is 0 Å². The summed E-state index contributed by atoms with van der Waals surface area (Å²) in [6, 6.07) is 4.15. The van der Waals surface area contributed by atoms with Crippen LogP contribution in [-0.4, -0.2) is 60.0 Å². The molecule has 6 nitrogen and oxygen atoms in total. The summed E-state index contributed by atoms with van der Waals surface area (Å²) in [6.45, 7) is 1.29. The highest BCUT2D eigenvalue weighted by molar-refractivity contribution is 5.85. The van der Waals surface area contributed by atoms with Crippen LogP contribution < -0.4 is 10.1 Å². The molecule has 144 valence electrons. The van der Waals surface area contributed by atoms with Gasteiger partial charge in [-0.1, -0.05) is 6.07 Å². The van der Waals surface area contributed by atoms with Crippen molar-refractivity contribution in [1.82, 2.24) is 10.2 Å². The third-order valence-corrected chi connectivity index (χ3v) is 5.68. The highest BCUT2D eigenvalue weighted by Crippen LogP contribution is 2.39. The summed E-state index contributed by atoms with van der Waals surface area (Å²) in [5, 5.41) is 23.3. The maximum absolute atomic E-state index is 14.1. The van der Waals surface area contributed by atoms with E-state index in [0.717, 1.165) is 0 Å². The number of aliphatic hydroxyl groups excluding tert-OH is 1. The van der Waals surface area contributed by atoms with E-state index in [4.69, 9.17) is 4.74 Å². The average molecular weight is 366 g/mol. The van der Waals surface area contributed by atoms with Crippen molar-refractivity contribution in [2.45, 2.75) is 43.4 Å². The Labute approximate surface area is 153 Å². The molecule has 1 aromatic carbocycles. The lowest BCUT2D eigenvalue weighted by molar-refractivity contribution is -0.146. The van der Waals surface area contributed by atoms with Crippen LogP contribution in [0.4, 0.5) is 4.39 Å². The van der Waals surface area contributed by atoms with Crippen molar-refractivity contribution in [3.05, 3.63) is 29.6 Å². The molecule has 0 radical (unpaired) electrons. The van der Waals surface area contributed by atoms with Crippen molar-refractivity contribution in [3.8, 4) is 5.75 Å². The third-order valence-electron chi connectivity index (χ3n) is 5.68. The number of ether oxygens (including phenoxy) is 1. The van der Waals surface area contributed by atoms with Gasteiger partial charge in [-0.15, -0.1) is 0 Å². The van der Waals surface area contributed by atoms with E-state index in [0.29, 0.717) is 44.3 Å². The van der Waals surface area contributed by atoms with Crippen molar-refractivity contribution in [3.63, 3.8) is 0 Å². The molecule has 0 unspecified atom stereocenters. The summed E-state index contributed by atoms with van der Waals surface area (Å²) < 4.78 is 19.1. The number of carbonyl (C=O) groups excluding carboxylic acids is 1. The average Bonchev–Trinajstić information content (AvgIpc) is 2.59. The van der Waals surface area contributed by atoms with Gasteiger partial charge in [-0.2, -0.15) is 0 Å². The number of aliphatic hydroxyl groups is 2. The van der Waals surface area contributed by atoms with Crippen LogP contribution in [-0.2, 0) is 4.79 Å². The Bertz CT molecular complexity index is 655. The van der Waals surface area contributed by atoms with Crippen LogP contribution in [0.25, 0.3) is 0 Å². The van der Waals surface area contributed by atoms with E-state index in [9.17, 15) is 19.4 Å². The molecule has 1 heterocycles. The number of nitrogens with zero attached hydrogens (tertiary/aromatic N) is 1. The Balaban J connectivity index is 1.78. The number of nitrogens with one attached hydrogen (secondary N) is 1. The zero-order valence-electron chi connectivity index (χ0n) is 15.2. The largest absolute Gasteiger partial charge is 0.494 e. The lowest BCUT2D eigenvalue weighted by atomic mass is 9.74. The SMILES string of the molecule is COc1ccc([C@H](NC(=O)C2(O)CCN(C)CC2)C2CC(O)C2)cc1F. The summed E-state index contributed by atoms with van der Waals surface area (Å²) in [5.74, 6) is -0.770. The van der Waals surface area contributed by atoms with Crippen molar-refractivity contribution < 1.29 is 24.1 Å². The van der Waals surface area contributed by atoms with E-state index >= 15 is 0 Å². The summed E-state index contributed by atoms with van der Waals surface area (Å²) in [7, 11) is 3.35. The van der Waals surface area contributed by atoms with Gasteiger partial charge in [-0.05, 0) is 56.3 Å². The van der Waals surface area contributed by atoms with E-state index < -0.39 is 29.5 Å². The van der Waals surface area contributed by atoms with E-state index in [2.05, 4.69) is 10.2 Å². The first-order chi connectivity index (χ1) is 12.3. The van der Waals surface area contributed by atoms with Gasteiger partial charge in [0.1, 0.15) is 5.60 Å². The van der Waals surface area contributed by atoms with Gasteiger partial charge in [0.2, 0.25) is 0 Å². The van der Waals surface area contributed by atoms with E-state index in [1.807, 2.05) is 7.05 Å². The topological polar surface area (TPSA) is 82.0 Å². The molecule has 0 bridgehead atoms. The minimum atomic E-state index is -1.40. The molecule has 1 aliphatic heterocycles. The molecule has 1 saturated carbocycles. The number of amides is 1. The molecule has 1 saturated heterocycles. The molecule has 2 fully saturated rings. The number of rotatable bonds is 5. The Morgan fingerprint density at radius 1 is 1.38 bits per heavy atom. The Morgan fingerprint density at radius 2 is 2.04 bits per heavy atom. The number of benzene rings is 1. The normalized spacial score (nSPS) is 26.7. The number of likely N-dealkylation sites (tertiary alicyclic amines) is 1. The molecular formula is C19H27FN2O4. The first kappa shape index (κ1) is 19.1. The fourth-order valence-electron chi connectivity index (χ4n) is 3.74. The summed E-state index contributed by atoms with van der Waals surface area (Å²) in [6.07, 6.45) is 1.42. The monoisotopic (exact) mass is 366 g/mol. The molecule has 1 amide bonds. The predicted octanol–water partition coefficient (Wildman–Crippen LogP) is 1.22. The van der Waals surface area contributed by atoms with Crippen molar-refractivity contribution >= 4 is 5.91 Å². The van der Waals surface area contributed by atoms with Crippen LogP contribution in [0.1, 0.15) is 37.3 Å². The van der Waals surface area contributed by atoms with Crippen LogP contribution in [0, 0.1) is 11.7 Å². The Hall–Kier alpha value is -1.70. The molecule has 0 aromatic heterocycles. The zero-order valence-corrected chi connectivity index (χ0v) is 15.2. The molecule has 0 spiro atoms. The fourth-order valence-corrected chi connectivity index (χ4v) is 3.74. The Kier molecular flexibility index (Phi) is 5.50. The summed E-state index contributed by atoms with van der Waals surface area (Å²) >= 11 is 0. The molecule has 1 aliphatic carbocycles. The number of piperidine rings is 1. The second kappa shape index (κ2) is 7.50. The van der Waals surface area contributed by atoms with Gasteiger partial charge in [-0.3, -0.25) is 4.79 Å². The van der Waals surface area contributed by atoms with Crippen LogP contribution >= 0.6 is 0 Å². The maximum Gasteiger partial charge on any atom is 0.252 e. The number of halogens is 1. The Morgan fingerprint density at radius 3 is 2.58 bits per heavy atom. The number of carbonyl (C=O) groups is 1. The molecule has 3 N–H and O–H groups in total. The molecule has 1 aromatic rings. The van der Waals surface area contributed by atoms with Crippen molar-refractivity contribution in [2.24, 2.45) is 5.92 Å². The molecular weight excluding hydrogens is 339 g/mol. The van der Waals surface area contributed by atoms with Crippen LogP contribution in [0.15, 0.2) is 18.2 Å². The van der Waals surface area contributed by atoms with Gasteiger partial charge < -0.3 is 25.2 Å². The van der Waals surface area contributed by atoms with Gasteiger partial charge in [0.15, 0.2) is 11.6 Å². The maximum atomic E-state index is 14.1. The van der Waals surface area contributed by atoms with Crippen molar-refractivity contribution in [1.29, 1.82) is 0 Å². The smallest absolute Gasteiger partial charge is 0.252 e. The number of hydrogen-bond donors (Lipinski definition) is 3. The first-order valence-corrected chi connectivity index (χ1v) is 9.06. The minimum absolute atomic E-state index is 0.0107. The van der Waals surface area contributed by atoms with Crippen molar-refractivity contribution in [2.75, 3.05) is 27.2 Å². The number of methoxy groups -OCH3 is 1. The molecule has 1 atom stereocenters. The van der Waals surface area contributed by atoms with E-state index in [1.165, 1.54) is 19.2 Å². The third kappa shape index (κ3) is 3.84. The van der Waals surface area contributed by atoms with Gasteiger partial charge in [-0.25, -0.2) is 4.39 Å². The highest BCUT2D eigenvalue weighted by Gasteiger charge is 2.42. The number of hydrogen-bond acceptors (Lipinski definition) is 5. The molecule has 2 aliphatic rings. The van der Waals surface area contributed by atoms with Gasteiger partial charge in [0, 0.05) is 13.1 Å². The van der Waals surface area contributed by atoms with Gasteiger partial charge in [0.25, 0.3) is 5.91 Å². The summed E-state index contributed by atoms with van der Waals surface area (Å²) in [4.78, 5) is 14.9. The highest BCUT2D eigenvalue weighted by atomic mass is 19.1. The second-order valence-electron chi connectivity index (χ2n) is 7.57. The quantitative estimate of drug-likeness (QED) is 0.730. The van der Waals surface area contributed by atoms with E-state index in [-0.39, 0.29) is 11.7 Å². The lowest BCUT2D eigenvalue weighted by Gasteiger charge is -2.41. The van der Waals surface area contributed by atoms with Gasteiger partial charge in [0.05, 0.1) is 19.3 Å². The van der Waals surface area contributed by atoms with Crippen LogP contribution in [0.5, 0.6) is 5.75 Å².